The highest BCUT2D eigenvalue weighted by atomic mass is 32.2. The van der Waals surface area contributed by atoms with Gasteiger partial charge in [0.05, 0.1) is 16.5 Å². The molecular formula is C32H31N3O5S. The molecule has 0 fully saturated rings. The molecule has 0 amide bonds. The van der Waals surface area contributed by atoms with Crippen LogP contribution in [0.5, 0.6) is 5.75 Å². The number of pyridine rings is 1. The molecule has 0 bridgehead atoms. The lowest BCUT2D eigenvalue weighted by Crippen LogP contribution is -2.24. The normalized spacial score (nSPS) is 11.2. The van der Waals surface area contributed by atoms with Crippen molar-refractivity contribution in [3.8, 4) is 22.9 Å². The summed E-state index contributed by atoms with van der Waals surface area (Å²) in [5.74, 6) is -0.693. The second-order valence-corrected chi connectivity index (χ2v) is 11.5. The average molecular weight is 570 g/mol. The summed E-state index contributed by atoms with van der Waals surface area (Å²) < 4.78 is 27.6. The number of aryl methyl sites for hydroxylation is 1. The third-order valence-corrected chi connectivity index (χ3v) is 8.78. The van der Waals surface area contributed by atoms with Crippen LogP contribution in [0.15, 0.2) is 87.4 Å². The van der Waals surface area contributed by atoms with Gasteiger partial charge in [0, 0.05) is 30.4 Å². The summed E-state index contributed by atoms with van der Waals surface area (Å²) in [4.78, 5) is 29.0. The number of aromatic amines is 1. The fraction of sp³-hybridized carbons (Fsp3) is 0.219. The zero-order chi connectivity index (χ0) is 29.7. The number of sulfone groups is 1. The molecule has 4 rings (SSSR count). The van der Waals surface area contributed by atoms with Crippen molar-refractivity contribution in [3.63, 3.8) is 0 Å². The second kappa shape index (κ2) is 12.2. The SMILES string of the molecule is CCCCc1[nH]c(=O)c(S(=O)(=O)c2ccc(-c3ccccc3C(=O)CC)cc2)c(O)c1N(C)c1cccc(C#N)c1. The summed E-state index contributed by atoms with van der Waals surface area (Å²) in [5.41, 5.74) is 2.41. The van der Waals surface area contributed by atoms with Crippen LogP contribution < -0.4 is 10.5 Å². The van der Waals surface area contributed by atoms with E-state index in [0.29, 0.717) is 52.9 Å². The van der Waals surface area contributed by atoms with Crippen molar-refractivity contribution in [3.05, 3.63) is 100.0 Å². The maximum absolute atomic E-state index is 13.8. The zero-order valence-electron chi connectivity index (χ0n) is 23.1. The van der Waals surface area contributed by atoms with Gasteiger partial charge in [-0.25, -0.2) is 8.42 Å². The number of H-pyrrole nitrogens is 1. The third kappa shape index (κ3) is 5.79. The van der Waals surface area contributed by atoms with Crippen molar-refractivity contribution in [2.45, 2.75) is 49.3 Å². The summed E-state index contributed by atoms with van der Waals surface area (Å²) in [6, 6.07) is 21.7. The van der Waals surface area contributed by atoms with Crippen molar-refractivity contribution >= 4 is 27.0 Å². The van der Waals surface area contributed by atoms with E-state index < -0.39 is 26.0 Å². The van der Waals surface area contributed by atoms with Crippen LogP contribution in [0.2, 0.25) is 0 Å². The number of unbranched alkanes of at least 4 members (excludes halogenated alkanes) is 1. The molecule has 3 aromatic carbocycles. The van der Waals surface area contributed by atoms with Gasteiger partial charge in [0.1, 0.15) is 5.69 Å². The molecule has 1 heterocycles. The Labute approximate surface area is 239 Å². The minimum atomic E-state index is -4.46. The first kappa shape index (κ1) is 29.3. The van der Waals surface area contributed by atoms with Gasteiger partial charge in [-0.05, 0) is 54.3 Å². The Morgan fingerprint density at radius 2 is 1.73 bits per heavy atom. The maximum Gasteiger partial charge on any atom is 0.271 e. The summed E-state index contributed by atoms with van der Waals surface area (Å²) in [5, 5.41) is 20.8. The van der Waals surface area contributed by atoms with Crippen LogP contribution >= 0.6 is 0 Å². The Morgan fingerprint density at radius 1 is 1.02 bits per heavy atom. The number of carbonyl (C=O) groups is 1. The summed E-state index contributed by atoms with van der Waals surface area (Å²) in [6.45, 7) is 3.76. The number of anilines is 2. The van der Waals surface area contributed by atoms with Crippen LogP contribution in [0.4, 0.5) is 11.4 Å². The average Bonchev–Trinajstić information content (AvgIpc) is 2.99. The lowest BCUT2D eigenvalue weighted by atomic mass is 9.96. The number of nitrogens with zero attached hydrogens (tertiary/aromatic N) is 2. The van der Waals surface area contributed by atoms with Gasteiger partial charge in [-0.3, -0.25) is 9.59 Å². The maximum atomic E-state index is 13.8. The number of aromatic hydroxyl groups is 1. The van der Waals surface area contributed by atoms with E-state index in [-0.39, 0.29) is 16.4 Å². The summed E-state index contributed by atoms with van der Waals surface area (Å²) in [6.07, 6.45) is 2.25. The van der Waals surface area contributed by atoms with E-state index in [4.69, 9.17) is 0 Å². The second-order valence-electron chi connectivity index (χ2n) is 9.63. The lowest BCUT2D eigenvalue weighted by molar-refractivity contribution is 0.0988. The molecule has 8 nitrogen and oxygen atoms in total. The summed E-state index contributed by atoms with van der Waals surface area (Å²) >= 11 is 0. The van der Waals surface area contributed by atoms with Crippen LogP contribution in [0.25, 0.3) is 11.1 Å². The van der Waals surface area contributed by atoms with Crippen LogP contribution in [-0.2, 0) is 16.3 Å². The Bertz CT molecular complexity index is 1800. The smallest absolute Gasteiger partial charge is 0.271 e. The molecule has 9 heteroatoms. The molecule has 0 atom stereocenters. The minimum absolute atomic E-state index is 0.0335. The zero-order valence-corrected chi connectivity index (χ0v) is 24.0. The predicted octanol–water partition coefficient (Wildman–Crippen LogP) is 6.16. The molecule has 0 saturated heterocycles. The van der Waals surface area contributed by atoms with E-state index in [0.717, 1.165) is 6.42 Å². The highest BCUT2D eigenvalue weighted by Gasteiger charge is 2.31. The van der Waals surface area contributed by atoms with E-state index in [9.17, 15) is 28.4 Å². The van der Waals surface area contributed by atoms with Gasteiger partial charge in [-0.1, -0.05) is 62.7 Å². The monoisotopic (exact) mass is 569 g/mol. The molecule has 0 saturated carbocycles. The van der Waals surface area contributed by atoms with Crippen molar-refractivity contribution in [1.29, 1.82) is 5.26 Å². The molecular weight excluding hydrogens is 538 g/mol. The number of ketones is 1. The first-order valence-corrected chi connectivity index (χ1v) is 14.8. The molecule has 0 radical (unpaired) electrons. The molecule has 0 spiro atoms. The molecule has 0 aliphatic heterocycles. The molecule has 0 aliphatic rings. The minimum Gasteiger partial charge on any atom is -0.504 e. The largest absolute Gasteiger partial charge is 0.504 e. The molecule has 1 aromatic heterocycles. The van der Waals surface area contributed by atoms with Crippen LogP contribution in [0.1, 0.15) is 54.7 Å². The van der Waals surface area contributed by atoms with Crippen molar-refractivity contribution in [2.24, 2.45) is 0 Å². The Hall–Kier alpha value is -4.68. The quantitative estimate of drug-likeness (QED) is 0.219. The van der Waals surface area contributed by atoms with E-state index in [1.165, 1.54) is 12.1 Å². The van der Waals surface area contributed by atoms with E-state index in [2.05, 4.69) is 11.1 Å². The molecule has 41 heavy (non-hydrogen) atoms. The standard InChI is InChI=1S/C32H31N3O5S/c1-4-6-14-27-29(35(3)23-11-9-10-21(19-23)20-33)30(37)31(32(38)34-27)41(39,40)24-17-15-22(16-18-24)25-12-7-8-13-26(25)28(36)5-2/h7-13,15-19H,4-6,14H2,1-3H3,(H2,34,37,38). The van der Waals surface area contributed by atoms with E-state index in [1.54, 1.807) is 79.5 Å². The van der Waals surface area contributed by atoms with Crippen LogP contribution in [0.3, 0.4) is 0 Å². The number of carbonyl (C=O) groups excluding carboxylic acids is 1. The number of Topliss-reactive ketones (excluding diaryl/α,β-unsaturated/α-hetero) is 1. The number of hydrogen-bond acceptors (Lipinski definition) is 7. The van der Waals surface area contributed by atoms with Gasteiger partial charge >= 0.3 is 0 Å². The number of hydrogen-bond donors (Lipinski definition) is 2. The van der Waals surface area contributed by atoms with Gasteiger partial charge in [-0.15, -0.1) is 0 Å². The highest BCUT2D eigenvalue weighted by Crippen LogP contribution is 2.40. The molecule has 4 aromatic rings. The molecule has 210 valence electrons. The van der Waals surface area contributed by atoms with E-state index >= 15 is 0 Å². The van der Waals surface area contributed by atoms with Gasteiger partial charge in [-0.2, -0.15) is 5.26 Å². The molecule has 0 aliphatic carbocycles. The number of nitriles is 1. The molecule has 0 unspecified atom stereocenters. The first-order chi connectivity index (χ1) is 19.6. The van der Waals surface area contributed by atoms with Crippen LogP contribution in [0, 0.1) is 11.3 Å². The fourth-order valence-electron chi connectivity index (χ4n) is 4.77. The van der Waals surface area contributed by atoms with E-state index in [1.807, 2.05) is 6.92 Å². The van der Waals surface area contributed by atoms with Gasteiger partial charge < -0.3 is 15.0 Å². The van der Waals surface area contributed by atoms with Crippen molar-refractivity contribution < 1.29 is 18.3 Å². The summed E-state index contributed by atoms with van der Waals surface area (Å²) in [7, 11) is -2.82. The Kier molecular flexibility index (Phi) is 8.74. The van der Waals surface area contributed by atoms with Crippen molar-refractivity contribution in [1.82, 2.24) is 4.98 Å². The number of benzene rings is 3. The Morgan fingerprint density at radius 3 is 2.39 bits per heavy atom. The Balaban J connectivity index is 1.84. The predicted molar refractivity (Wildman–Crippen MR) is 159 cm³/mol. The van der Waals surface area contributed by atoms with Gasteiger partial charge in [0.2, 0.25) is 9.84 Å². The number of nitrogens with one attached hydrogen (secondary N) is 1. The third-order valence-electron chi connectivity index (χ3n) is 6.97. The topological polar surface area (TPSA) is 131 Å². The van der Waals surface area contributed by atoms with Gasteiger partial charge in [0.25, 0.3) is 5.56 Å². The van der Waals surface area contributed by atoms with Crippen molar-refractivity contribution in [2.75, 3.05) is 11.9 Å². The lowest BCUT2D eigenvalue weighted by Gasteiger charge is -2.25. The molecule has 2 N–H and O–H groups in total. The van der Waals surface area contributed by atoms with Crippen LogP contribution in [-0.4, -0.2) is 31.3 Å². The first-order valence-electron chi connectivity index (χ1n) is 13.3. The highest BCUT2D eigenvalue weighted by molar-refractivity contribution is 7.91. The number of aromatic nitrogens is 1. The van der Waals surface area contributed by atoms with Gasteiger partial charge in [0.15, 0.2) is 16.4 Å². The number of rotatable bonds is 10. The fourth-order valence-corrected chi connectivity index (χ4v) is 6.15.